The summed E-state index contributed by atoms with van der Waals surface area (Å²) in [5.41, 5.74) is 2.16. The zero-order valence-corrected chi connectivity index (χ0v) is 17.0. The predicted molar refractivity (Wildman–Crippen MR) is 115 cm³/mol. The van der Waals surface area contributed by atoms with Crippen molar-refractivity contribution in [3.05, 3.63) is 99.5 Å². The molecule has 0 fully saturated rings. The zero-order chi connectivity index (χ0) is 20.6. The highest BCUT2D eigenvalue weighted by Crippen LogP contribution is 2.19. The van der Waals surface area contributed by atoms with Gasteiger partial charge < -0.3 is 10.1 Å². The minimum atomic E-state index is -0.277. The Morgan fingerprint density at radius 2 is 1.38 bits per heavy atom. The summed E-state index contributed by atoms with van der Waals surface area (Å²) < 4.78 is 5.63. The van der Waals surface area contributed by atoms with Crippen molar-refractivity contribution in [1.82, 2.24) is 5.32 Å². The van der Waals surface area contributed by atoms with Crippen LogP contribution in [0.4, 0.5) is 0 Å². The largest absolute Gasteiger partial charge is 0.485 e. The second-order valence-corrected chi connectivity index (χ2v) is 7.31. The van der Waals surface area contributed by atoms with E-state index in [0.717, 1.165) is 11.1 Å². The van der Waals surface area contributed by atoms with Crippen LogP contribution in [0.1, 0.15) is 21.5 Å². The number of ketones is 1. The minimum absolute atomic E-state index is 0.0938. The van der Waals surface area contributed by atoms with Gasteiger partial charge in [0.1, 0.15) is 12.4 Å². The van der Waals surface area contributed by atoms with Gasteiger partial charge in [-0.05, 0) is 47.5 Å². The van der Waals surface area contributed by atoms with E-state index in [1.807, 2.05) is 12.1 Å². The molecule has 0 atom stereocenters. The predicted octanol–water partition coefficient (Wildman–Crippen LogP) is 5.11. The SMILES string of the molecule is O=C(COc1ccccc1C(=O)NCc1ccc(Cl)cc1)Cc1ccc(Cl)cc1. The molecule has 6 heteroatoms. The Hall–Kier alpha value is -2.82. The average molecular weight is 428 g/mol. The van der Waals surface area contributed by atoms with Crippen molar-refractivity contribution < 1.29 is 14.3 Å². The van der Waals surface area contributed by atoms with Crippen molar-refractivity contribution >= 4 is 34.9 Å². The van der Waals surface area contributed by atoms with E-state index in [2.05, 4.69) is 5.32 Å². The molecule has 0 aliphatic carbocycles. The molecule has 4 nitrogen and oxygen atoms in total. The Kier molecular flexibility index (Phi) is 7.28. The maximum absolute atomic E-state index is 12.6. The number of nitrogens with one attached hydrogen (secondary N) is 1. The van der Waals surface area contributed by atoms with Gasteiger partial charge in [-0.2, -0.15) is 0 Å². The van der Waals surface area contributed by atoms with Gasteiger partial charge in [-0.1, -0.05) is 59.6 Å². The van der Waals surface area contributed by atoms with Gasteiger partial charge >= 0.3 is 0 Å². The smallest absolute Gasteiger partial charge is 0.255 e. The number of hydrogen-bond acceptors (Lipinski definition) is 3. The Morgan fingerprint density at radius 3 is 2.03 bits per heavy atom. The van der Waals surface area contributed by atoms with E-state index in [-0.39, 0.29) is 24.7 Å². The fourth-order valence-electron chi connectivity index (χ4n) is 2.70. The fourth-order valence-corrected chi connectivity index (χ4v) is 2.95. The first-order chi connectivity index (χ1) is 14.0. The highest BCUT2D eigenvalue weighted by atomic mass is 35.5. The third-order valence-corrected chi connectivity index (χ3v) is 4.71. The van der Waals surface area contributed by atoms with E-state index in [1.165, 1.54) is 0 Å². The molecule has 0 saturated carbocycles. The maximum atomic E-state index is 12.6. The van der Waals surface area contributed by atoms with Crippen LogP contribution in [-0.4, -0.2) is 18.3 Å². The number of ether oxygens (including phenoxy) is 1. The highest BCUT2D eigenvalue weighted by Gasteiger charge is 2.13. The lowest BCUT2D eigenvalue weighted by Gasteiger charge is -2.11. The molecule has 3 aromatic carbocycles. The summed E-state index contributed by atoms with van der Waals surface area (Å²) in [5.74, 6) is -0.00467. The van der Waals surface area contributed by atoms with Gasteiger partial charge in [-0.15, -0.1) is 0 Å². The van der Waals surface area contributed by atoms with E-state index in [4.69, 9.17) is 27.9 Å². The van der Waals surface area contributed by atoms with Crippen LogP contribution in [0, 0.1) is 0 Å². The summed E-state index contributed by atoms with van der Waals surface area (Å²) in [5, 5.41) is 4.11. The first-order valence-corrected chi connectivity index (χ1v) is 9.77. The van der Waals surface area contributed by atoms with Crippen molar-refractivity contribution in [1.29, 1.82) is 0 Å². The number of benzene rings is 3. The van der Waals surface area contributed by atoms with Crippen LogP contribution in [0.3, 0.4) is 0 Å². The van der Waals surface area contributed by atoms with Crippen molar-refractivity contribution in [2.45, 2.75) is 13.0 Å². The van der Waals surface area contributed by atoms with E-state index < -0.39 is 0 Å². The number of rotatable bonds is 8. The lowest BCUT2D eigenvalue weighted by atomic mass is 10.1. The monoisotopic (exact) mass is 427 g/mol. The van der Waals surface area contributed by atoms with Gasteiger partial charge in [0.2, 0.25) is 0 Å². The molecule has 1 N–H and O–H groups in total. The first-order valence-electron chi connectivity index (χ1n) is 9.02. The molecule has 0 aliphatic heterocycles. The number of Topliss-reactive ketones (excluding diaryl/α,β-unsaturated/α-hetero) is 1. The second kappa shape index (κ2) is 10.1. The molecule has 0 heterocycles. The maximum Gasteiger partial charge on any atom is 0.255 e. The number of amides is 1. The number of para-hydroxylation sites is 1. The normalized spacial score (nSPS) is 10.4. The molecule has 0 bridgehead atoms. The molecular formula is C23H19Cl2NO3. The third kappa shape index (κ3) is 6.34. The lowest BCUT2D eigenvalue weighted by molar-refractivity contribution is -0.120. The molecule has 148 valence electrons. The standard InChI is InChI=1S/C23H19Cl2NO3/c24-18-9-5-16(6-10-18)13-20(27)15-29-22-4-2-1-3-21(22)23(28)26-14-17-7-11-19(25)12-8-17/h1-12H,13-15H2,(H,26,28). The summed E-state index contributed by atoms with van der Waals surface area (Å²) in [7, 11) is 0. The van der Waals surface area contributed by atoms with Crippen LogP contribution in [0.2, 0.25) is 10.0 Å². The van der Waals surface area contributed by atoms with Crippen molar-refractivity contribution in [2.75, 3.05) is 6.61 Å². The average Bonchev–Trinajstić information content (AvgIpc) is 2.73. The van der Waals surface area contributed by atoms with E-state index in [9.17, 15) is 9.59 Å². The van der Waals surface area contributed by atoms with Crippen LogP contribution in [0.25, 0.3) is 0 Å². The number of carbonyl (C=O) groups is 2. The number of halogens is 2. The van der Waals surface area contributed by atoms with Gasteiger partial charge in [0.25, 0.3) is 5.91 Å². The summed E-state index contributed by atoms with van der Waals surface area (Å²) in [6.07, 6.45) is 0.238. The molecule has 0 aromatic heterocycles. The first kappa shape index (κ1) is 20.9. The van der Waals surface area contributed by atoms with Gasteiger partial charge in [-0.3, -0.25) is 9.59 Å². The van der Waals surface area contributed by atoms with Crippen LogP contribution >= 0.6 is 23.2 Å². The molecular weight excluding hydrogens is 409 g/mol. The molecule has 3 rings (SSSR count). The second-order valence-electron chi connectivity index (χ2n) is 6.44. The summed E-state index contributed by atoms with van der Waals surface area (Å²) in [4.78, 5) is 24.8. The van der Waals surface area contributed by atoms with Crippen LogP contribution in [-0.2, 0) is 17.8 Å². The Morgan fingerprint density at radius 1 is 0.793 bits per heavy atom. The molecule has 1 amide bonds. The summed E-state index contributed by atoms with van der Waals surface area (Å²) in [6.45, 7) is 0.240. The third-order valence-electron chi connectivity index (χ3n) is 4.20. The molecule has 0 unspecified atom stereocenters. The Labute approximate surface area is 179 Å². The van der Waals surface area contributed by atoms with Crippen molar-refractivity contribution in [2.24, 2.45) is 0 Å². The molecule has 0 aliphatic rings. The molecule has 3 aromatic rings. The van der Waals surface area contributed by atoms with Crippen molar-refractivity contribution in [3.8, 4) is 5.75 Å². The van der Waals surface area contributed by atoms with Crippen molar-refractivity contribution in [3.63, 3.8) is 0 Å². The lowest BCUT2D eigenvalue weighted by Crippen LogP contribution is -2.24. The molecule has 0 spiro atoms. The van der Waals surface area contributed by atoms with Gasteiger partial charge in [-0.25, -0.2) is 0 Å². The molecule has 29 heavy (non-hydrogen) atoms. The highest BCUT2D eigenvalue weighted by molar-refractivity contribution is 6.30. The topological polar surface area (TPSA) is 55.4 Å². The van der Waals surface area contributed by atoms with Gasteiger partial charge in [0.15, 0.2) is 5.78 Å². The zero-order valence-electron chi connectivity index (χ0n) is 15.5. The number of carbonyl (C=O) groups excluding carboxylic acids is 2. The van der Waals surface area contributed by atoms with E-state index in [1.54, 1.807) is 60.7 Å². The summed E-state index contributed by atoms with van der Waals surface area (Å²) >= 11 is 11.7. The Bertz CT molecular complexity index is 986. The van der Waals surface area contributed by atoms with Gasteiger partial charge in [0.05, 0.1) is 5.56 Å². The van der Waals surface area contributed by atoms with Crippen LogP contribution in [0.15, 0.2) is 72.8 Å². The summed E-state index contributed by atoms with van der Waals surface area (Å²) in [6, 6.07) is 21.2. The minimum Gasteiger partial charge on any atom is -0.485 e. The number of hydrogen-bond donors (Lipinski definition) is 1. The van der Waals surface area contributed by atoms with E-state index >= 15 is 0 Å². The quantitative estimate of drug-likeness (QED) is 0.542. The van der Waals surface area contributed by atoms with E-state index in [0.29, 0.717) is 27.9 Å². The fraction of sp³-hybridized carbons (Fsp3) is 0.130. The molecule has 0 radical (unpaired) electrons. The van der Waals surface area contributed by atoms with Crippen LogP contribution in [0.5, 0.6) is 5.75 Å². The molecule has 0 saturated heterocycles. The Balaban J connectivity index is 1.57. The van der Waals surface area contributed by atoms with Gasteiger partial charge in [0, 0.05) is 23.0 Å². The van der Waals surface area contributed by atoms with Crippen LogP contribution < -0.4 is 10.1 Å².